The van der Waals surface area contributed by atoms with Gasteiger partial charge in [-0.2, -0.15) is 0 Å². The van der Waals surface area contributed by atoms with E-state index in [-0.39, 0.29) is 12.6 Å². The fraction of sp³-hybridized carbons (Fsp3) is 1.00. The Kier molecular flexibility index (Phi) is 7.23. The van der Waals surface area contributed by atoms with Crippen molar-refractivity contribution in [2.75, 3.05) is 20.3 Å². The van der Waals surface area contributed by atoms with Crippen LogP contribution in [-0.4, -0.2) is 37.5 Å². The highest BCUT2D eigenvalue weighted by Gasteiger charge is 2.12. The summed E-state index contributed by atoms with van der Waals surface area (Å²) in [6.07, 6.45) is 1.00. The minimum absolute atomic E-state index is 0.199. The first-order valence-corrected chi connectivity index (χ1v) is 4.96. The summed E-state index contributed by atoms with van der Waals surface area (Å²) in [7, 11) is 1.69. The van der Waals surface area contributed by atoms with Crippen LogP contribution in [0, 0.1) is 5.92 Å². The Morgan fingerprint density at radius 3 is 2.31 bits per heavy atom. The Balaban J connectivity index is 3.69. The first-order chi connectivity index (χ1) is 6.10. The summed E-state index contributed by atoms with van der Waals surface area (Å²) in [5, 5.41) is 12.4. The number of methoxy groups -OCH3 is 1. The lowest BCUT2D eigenvalue weighted by atomic mass is 10.0. The standard InChI is InChI=1S/C10H23NO2/c1-8(2)5-10(6-12)11-9(3)7-13-4/h8-12H,5-7H2,1-4H3/t9-,10+/m0/s1. The summed E-state index contributed by atoms with van der Waals surface area (Å²) in [4.78, 5) is 0. The van der Waals surface area contributed by atoms with Crippen molar-refractivity contribution < 1.29 is 9.84 Å². The molecule has 0 aromatic carbocycles. The van der Waals surface area contributed by atoms with Gasteiger partial charge in [-0.25, -0.2) is 0 Å². The molecular formula is C10H23NO2. The first kappa shape index (κ1) is 12.9. The molecule has 80 valence electrons. The minimum atomic E-state index is 0.199. The molecule has 3 nitrogen and oxygen atoms in total. The van der Waals surface area contributed by atoms with E-state index in [0.717, 1.165) is 6.42 Å². The van der Waals surface area contributed by atoms with Crippen LogP contribution in [0.15, 0.2) is 0 Å². The maximum Gasteiger partial charge on any atom is 0.0613 e. The molecule has 0 fully saturated rings. The van der Waals surface area contributed by atoms with E-state index in [1.54, 1.807) is 7.11 Å². The van der Waals surface area contributed by atoms with E-state index in [2.05, 4.69) is 26.1 Å². The zero-order chi connectivity index (χ0) is 10.3. The molecule has 0 saturated carbocycles. The molecule has 2 N–H and O–H groups in total. The number of nitrogens with one attached hydrogen (secondary N) is 1. The second-order valence-corrected chi connectivity index (χ2v) is 4.03. The summed E-state index contributed by atoms with van der Waals surface area (Å²) in [6.45, 7) is 7.27. The number of ether oxygens (including phenoxy) is 1. The average Bonchev–Trinajstić information content (AvgIpc) is 2.02. The van der Waals surface area contributed by atoms with Gasteiger partial charge in [-0.05, 0) is 19.3 Å². The van der Waals surface area contributed by atoms with E-state index in [1.807, 2.05) is 0 Å². The third kappa shape index (κ3) is 6.99. The number of aliphatic hydroxyl groups is 1. The lowest BCUT2D eigenvalue weighted by molar-refractivity contribution is 0.149. The van der Waals surface area contributed by atoms with Crippen LogP contribution in [0.5, 0.6) is 0 Å². The largest absolute Gasteiger partial charge is 0.395 e. The normalized spacial score (nSPS) is 16.2. The molecule has 13 heavy (non-hydrogen) atoms. The van der Waals surface area contributed by atoms with Crippen LogP contribution in [0.4, 0.5) is 0 Å². The maximum atomic E-state index is 9.09. The molecular weight excluding hydrogens is 166 g/mol. The van der Waals surface area contributed by atoms with Crippen molar-refractivity contribution in [3.8, 4) is 0 Å². The Morgan fingerprint density at radius 1 is 1.31 bits per heavy atom. The molecule has 0 aliphatic heterocycles. The van der Waals surface area contributed by atoms with Crippen LogP contribution >= 0.6 is 0 Å². The monoisotopic (exact) mass is 189 g/mol. The van der Waals surface area contributed by atoms with E-state index in [9.17, 15) is 0 Å². The number of rotatable bonds is 7. The van der Waals surface area contributed by atoms with Crippen molar-refractivity contribution in [2.24, 2.45) is 5.92 Å². The topological polar surface area (TPSA) is 41.5 Å². The van der Waals surface area contributed by atoms with Gasteiger partial charge in [-0.3, -0.25) is 0 Å². The first-order valence-electron chi connectivity index (χ1n) is 4.96. The van der Waals surface area contributed by atoms with Gasteiger partial charge < -0.3 is 15.2 Å². The highest BCUT2D eigenvalue weighted by atomic mass is 16.5. The quantitative estimate of drug-likeness (QED) is 0.628. The Labute approximate surface area is 81.5 Å². The zero-order valence-electron chi connectivity index (χ0n) is 9.21. The number of hydrogen-bond acceptors (Lipinski definition) is 3. The lowest BCUT2D eigenvalue weighted by Gasteiger charge is -2.22. The molecule has 0 bridgehead atoms. The van der Waals surface area contributed by atoms with Crippen molar-refractivity contribution in [3.63, 3.8) is 0 Å². The van der Waals surface area contributed by atoms with E-state index >= 15 is 0 Å². The third-order valence-corrected chi connectivity index (χ3v) is 1.91. The third-order valence-electron chi connectivity index (χ3n) is 1.91. The van der Waals surface area contributed by atoms with Crippen LogP contribution in [0.3, 0.4) is 0 Å². The van der Waals surface area contributed by atoms with Gasteiger partial charge in [0.1, 0.15) is 0 Å². The summed E-state index contributed by atoms with van der Waals surface area (Å²) in [5.41, 5.74) is 0. The van der Waals surface area contributed by atoms with Crippen molar-refractivity contribution in [1.29, 1.82) is 0 Å². The van der Waals surface area contributed by atoms with Crippen LogP contribution in [0.2, 0.25) is 0 Å². The fourth-order valence-corrected chi connectivity index (χ4v) is 1.46. The van der Waals surface area contributed by atoms with Crippen LogP contribution in [0.1, 0.15) is 27.2 Å². The molecule has 0 aliphatic carbocycles. The maximum absolute atomic E-state index is 9.09. The molecule has 0 aromatic rings. The predicted octanol–water partition coefficient (Wildman–Crippen LogP) is 1.02. The molecule has 0 saturated heterocycles. The zero-order valence-corrected chi connectivity index (χ0v) is 9.21. The second-order valence-electron chi connectivity index (χ2n) is 4.03. The Morgan fingerprint density at radius 2 is 1.92 bits per heavy atom. The van der Waals surface area contributed by atoms with Gasteiger partial charge in [0.05, 0.1) is 13.2 Å². The summed E-state index contributed by atoms with van der Waals surface area (Å²) in [5.74, 6) is 0.611. The number of hydrogen-bond donors (Lipinski definition) is 2. The van der Waals surface area contributed by atoms with Crippen molar-refractivity contribution >= 4 is 0 Å². The molecule has 0 aromatic heterocycles. The molecule has 0 unspecified atom stereocenters. The van der Waals surface area contributed by atoms with Gasteiger partial charge in [0.2, 0.25) is 0 Å². The minimum Gasteiger partial charge on any atom is -0.395 e. The molecule has 0 aliphatic rings. The van der Waals surface area contributed by atoms with Gasteiger partial charge in [-0.1, -0.05) is 13.8 Å². The molecule has 3 heteroatoms. The van der Waals surface area contributed by atoms with Crippen LogP contribution in [0.25, 0.3) is 0 Å². The molecule has 0 spiro atoms. The van der Waals surface area contributed by atoms with E-state index < -0.39 is 0 Å². The smallest absolute Gasteiger partial charge is 0.0613 e. The SMILES string of the molecule is COC[C@H](C)N[C@@H](CO)CC(C)C. The summed E-state index contributed by atoms with van der Waals surface area (Å²) in [6, 6.07) is 0.506. The highest BCUT2D eigenvalue weighted by molar-refractivity contribution is 4.71. The highest BCUT2D eigenvalue weighted by Crippen LogP contribution is 2.04. The predicted molar refractivity (Wildman–Crippen MR) is 54.8 cm³/mol. The summed E-state index contributed by atoms with van der Waals surface area (Å²) >= 11 is 0. The van der Waals surface area contributed by atoms with Gasteiger partial charge in [0, 0.05) is 19.2 Å². The summed E-state index contributed by atoms with van der Waals surface area (Å²) < 4.78 is 5.01. The van der Waals surface area contributed by atoms with Crippen LogP contribution < -0.4 is 5.32 Å². The Bertz CT molecular complexity index is 117. The van der Waals surface area contributed by atoms with Gasteiger partial charge in [-0.15, -0.1) is 0 Å². The van der Waals surface area contributed by atoms with Gasteiger partial charge in [0.25, 0.3) is 0 Å². The van der Waals surface area contributed by atoms with Gasteiger partial charge in [0.15, 0.2) is 0 Å². The molecule has 0 amide bonds. The number of aliphatic hydroxyl groups excluding tert-OH is 1. The second kappa shape index (κ2) is 7.30. The fourth-order valence-electron chi connectivity index (χ4n) is 1.46. The lowest BCUT2D eigenvalue weighted by Crippen LogP contribution is -2.41. The van der Waals surface area contributed by atoms with Crippen molar-refractivity contribution in [1.82, 2.24) is 5.32 Å². The molecule has 0 heterocycles. The molecule has 0 radical (unpaired) electrons. The average molecular weight is 189 g/mol. The van der Waals surface area contributed by atoms with Crippen LogP contribution in [-0.2, 0) is 4.74 Å². The molecule has 2 atom stereocenters. The van der Waals surface area contributed by atoms with E-state index in [4.69, 9.17) is 9.84 Å². The van der Waals surface area contributed by atoms with Crippen molar-refractivity contribution in [3.05, 3.63) is 0 Å². The van der Waals surface area contributed by atoms with E-state index in [1.165, 1.54) is 0 Å². The van der Waals surface area contributed by atoms with Crippen molar-refractivity contribution in [2.45, 2.75) is 39.3 Å². The molecule has 0 rings (SSSR count). The van der Waals surface area contributed by atoms with E-state index in [0.29, 0.717) is 18.6 Å². The Hall–Kier alpha value is -0.120. The van der Waals surface area contributed by atoms with Gasteiger partial charge >= 0.3 is 0 Å².